The Labute approximate surface area is 114 Å². The predicted molar refractivity (Wildman–Crippen MR) is 73.4 cm³/mol. The number of aliphatic hydroxyl groups is 2. The number of benzene rings is 1. The fraction of sp³-hybridized carbons (Fsp3) is 0.571. The summed E-state index contributed by atoms with van der Waals surface area (Å²) in [5, 5.41) is 22.6. The molecule has 0 aliphatic rings. The molecule has 0 aliphatic heterocycles. The molecule has 5 nitrogen and oxygen atoms in total. The highest BCUT2D eigenvalue weighted by atomic mass is 16.5. The number of hydrogen-bond donors (Lipinski definition) is 3. The first-order valence-electron chi connectivity index (χ1n) is 6.28. The minimum Gasteiger partial charge on any atom is -0.496 e. The number of aryl methyl sites for hydroxylation is 1. The highest BCUT2D eigenvalue weighted by Gasteiger charge is 2.13. The van der Waals surface area contributed by atoms with Crippen LogP contribution >= 0.6 is 0 Å². The maximum absolute atomic E-state index is 10.1. The molecule has 0 bridgehead atoms. The molecule has 1 aromatic carbocycles. The zero-order valence-corrected chi connectivity index (χ0v) is 11.7. The van der Waals surface area contributed by atoms with Gasteiger partial charge in [0.2, 0.25) is 0 Å². The summed E-state index contributed by atoms with van der Waals surface area (Å²) in [5.41, 5.74) is 1.81. The molecule has 0 aliphatic carbocycles. The first-order valence-corrected chi connectivity index (χ1v) is 6.28. The first-order chi connectivity index (χ1) is 9.08. The Morgan fingerprint density at radius 2 is 1.95 bits per heavy atom. The van der Waals surface area contributed by atoms with Crippen LogP contribution < -0.4 is 10.1 Å². The lowest BCUT2D eigenvalue weighted by atomic mass is 10.1. The quantitative estimate of drug-likeness (QED) is 0.646. The van der Waals surface area contributed by atoms with Crippen molar-refractivity contribution in [3.8, 4) is 5.75 Å². The van der Waals surface area contributed by atoms with Crippen LogP contribution in [0.5, 0.6) is 5.75 Å². The fourth-order valence-electron chi connectivity index (χ4n) is 1.86. The van der Waals surface area contributed by atoms with Crippen molar-refractivity contribution < 1.29 is 19.7 Å². The standard InChI is InChI=1S/C14H23NO4/c1-10-4-5-14(19-3)12(6-10)13(17)8-15-7-11(16)9-18-2/h4-6,11,13,15-17H,7-9H2,1-3H3. The molecule has 0 spiro atoms. The molecular weight excluding hydrogens is 246 g/mol. The average Bonchev–Trinajstić information content (AvgIpc) is 2.38. The van der Waals surface area contributed by atoms with Gasteiger partial charge in [-0.15, -0.1) is 0 Å². The summed E-state index contributed by atoms with van der Waals surface area (Å²) in [4.78, 5) is 0. The molecule has 19 heavy (non-hydrogen) atoms. The maximum Gasteiger partial charge on any atom is 0.124 e. The highest BCUT2D eigenvalue weighted by Crippen LogP contribution is 2.25. The summed E-state index contributed by atoms with van der Waals surface area (Å²) in [6.07, 6.45) is -1.25. The SMILES string of the molecule is COCC(O)CNCC(O)c1cc(C)ccc1OC. The van der Waals surface area contributed by atoms with E-state index >= 15 is 0 Å². The number of methoxy groups -OCH3 is 2. The average molecular weight is 269 g/mol. The van der Waals surface area contributed by atoms with Crippen molar-refractivity contribution in [2.75, 3.05) is 33.9 Å². The van der Waals surface area contributed by atoms with E-state index in [0.717, 1.165) is 11.1 Å². The van der Waals surface area contributed by atoms with Crippen LogP contribution in [0.15, 0.2) is 18.2 Å². The molecule has 108 valence electrons. The Morgan fingerprint density at radius 1 is 1.21 bits per heavy atom. The van der Waals surface area contributed by atoms with Crippen LogP contribution in [0.1, 0.15) is 17.2 Å². The van der Waals surface area contributed by atoms with Crippen LogP contribution in [0.4, 0.5) is 0 Å². The van der Waals surface area contributed by atoms with Gasteiger partial charge in [-0.05, 0) is 19.1 Å². The van der Waals surface area contributed by atoms with E-state index in [1.807, 2.05) is 25.1 Å². The smallest absolute Gasteiger partial charge is 0.124 e. The van der Waals surface area contributed by atoms with Gasteiger partial charge in [0.15, 0.2) is 0 Å². The number of rotatable bonds is 8. The zero-order chi connectivity index (χ0) is 14.3. The van der Waals surface area contributed by atoms with Crippen molar-refractivity contribution in [3.05, 3.63) is 29.3 Å². The lowest BCUT2D eigenvalue weighted by Gasteiger charge is -2.17. The van der Waals surface area contributed by atoms with Gasteiger partial charge in [0.25, 0.3) is 0 Å². The predicted octanol–water partition coefficient (Wildman–Crippen LogP) is 0.634. The molecule has 0 amide bonds. The van der Waals surface area contributed by atoms with E-state index in [1.165, 1.54) is 7.11 Å². The molecule has 3 N–H and O–H groups in total. The molecule has 0 aromatic heterocycles. The van der Waals surface area contributed by atoms with Gasteiger partial charge in [0.1, 0.15) is 5.75 Å². The summed E-state index contributed by atoms with van der Waals surface area (Å²) in [6.45, 7) is 2.96. The molecule has 0 heterocycles. The summed E-state index contributed by atoms with van der Waals surface area (Å²) in [5.74, 6) is 0.664. The Hall–Kier alpha value is -1.14. The van der Waals surface area contributed by atoms with Gasteiger partial charge in [-0.3, -0.25) is 0 Å². The van der Waals surface area contributed by atoms with Crippen LogP contribution in [0, 0.1) is 6.92 Å². The van der Waals surface area contributed by atoms with Crippen LogP contribution in [-0.2, 0) is 4.74 Å². The molecule has 0 fully saturated rings. The third kappa shape index (κ3) is 5.16. The van der Waals surface area contributed by atoms with Gasteiger partial charge in [-0.2, -0.15) is 0 Å². The lowest BCUT2D eigenvalue weighted by Crippen LogP contribution is -2.32. The molecule has 5 heteroatoms. The molecule has 0 saturated carbocycles. The Morgan fingerprint density at radius 3 is 2.58 bits per heavy atom. The van der Waals surface area contributed by atoms with Gasteiger partial charge in [-0.25, -0.2) is 0 Å². The van der Waals surface area contributed by atoms with Crippen molar-refractivity contribution in [3.63, 3.8) is 0 Å². The molecule has 1 rings (SSSR count). The van der Waals surface area contributed by atoms with Crippen molar-refractivity contribution in [1.29, 1.82) is 0 Å². The van der Waals surface area contributed by atoms with Gasteiger partial charge in [0, 0.05) is 25.8 Å². The van der Waals surface area contributed by atoms with E-state index in [2.05, 4.69) is 5.32 Å². The third-order valence-electron chi connectivity index (χ3n) is 2.82. The summed E-state index contributed by atoms with van der Waals surface area (Å²) in [6, 6.07) is 5.68. The largest absolute Gasteiger partial charge is 0.496 e. The van der Waals surface area contributed by atoms with E-state index in [9.17, 15) is 10.2 Å². The number of hydrogen-bond acceptors (Lipinski definition) is 5. The van der Waals surface area contributed by atoms with Crippen LogP contribution in [0.25, 0.3) is 0 Å². The van der Waals surface area contributed by atoms with Crippen molar-refractivity contribution in [2.24, 2.45) is 0 Å². The third-order valence-corrected chi connectivity index (χ3v) is 2.82. The second-order valence-corrected chi connectivity index (χ2v) is 4.53. The van der Waals surface area contributed by atoms with Crippen molar-refractivity contribution in [2.45, 2.75) is 19.1 Å². The van der Waals surface area contributed by atoms with Crippen LogP contribution in [-0.4, -0.2) is 50.2 Å². The summed E-state index contributed by atoms with van der Waals surface area (Å²) < 4.78 is 10.1. The van der Waals surface area contributed by atoms with Gasteiger partial charge in [0.05, 0.1) is 25.9 Å². The Balaban J connectivity index is 2.53. The summed E-state index contributed by atoms with van der Waals surface area (Å²) in [7, 11) is 3.12. The number of aliphatic hydroxyl groups excluding tert-OH is 2. The topological polar surface area (TPSA) is 71.0 Å². The van der Waals surface area contributed by atoms with Gasteiger partial charge < -0.3 is 25.0 Å². The molecule has 0 saturated heterocycles. The molecule has 1 aromatic rings. The normalized spacial score (nSPS) is 14.2. The van der Waals surface area contributed by atoms with Crippen molar-refractivity contribution in [1.82, 2.24) is 5.32 Å². The second kappa shape index (κ2) is 8.12. The first kappa shape index (κ1) is 15.9. The van der Waals surface area contributed by atoms with E-state index in [0.29, 0.717) is 18.8 Å². The minimum absolute atomic E-state index is 0.275. The van der Waals surface area contributed by atoms with Crippen LogP contribution in [0.3, 0.4) is 0 Å². The zero-order valence-electron chi connectivity index (χ0n) is 11.7. The van der Waals surface area contributed by atoms with Gasteiger partial charge >= 0.3 is 0 Å². The molecule has 0 radical (unpaired) electrons. The summed E-state index contributed by atoms with van der Waals surface area (Å²) >= 11 is 0. The van der Waals surface area contributed by atoms with Crippen LogP contribution in [0.2, 0.25) is 0 Å². The van der Waals surface area contributed by atoms with E-state index in [-0.39, 0.29) is 6.61 Å². The molecule has 2 unspecified atom stereocenters. The second-order valence-electron chi connectivity index (χ2n) is 4.53. The van der Waals surface area contributed by atoms with Gasteiger partial charge in [-0.1, -0.05) is 11.6 Å². The monoisotopic (exact) mass is 269 g/mol. The lowest BCUT2D eigenvalue weighted by molar-refractivity contribution is 0.0615. The number of nitrogens with one attached hydrogen (secondary N) is 1. The van der Waals surface area contributed by atoms with E-state index < -0.39 is 12.2 Å². The van der Waals surface area contributed by atoms with E-state index in [4.69, 9.17) is 9.47 Å². The van der Waals surface area contributed by atoms with E-state index in [1.54, 1.807) is 7.11 Å². The number of ether oxygens (including phenoxy) is 2. The van der Waals surface area contributed by atoms with Crippen molar-refractivity contribution >= 4 is 0 Å². The Bertz CT molecular complexity index is 384. The fourth-order valence-corrected chi connectivity index (χ4v) is 1.86. The molecule has 2 atom stereocenters. The Kier molecular flexibility index (Phi) is 6.80. The highest BCUT2D eigenvalue weighted by molar-refractivity contribution is 5.38. The maximum atomic E-state index is 10.1. The minimum atomic E-state index is -0.676. The molecular formula is C14H23NO4.